The van der Waals surface area contributed by atoms with E-state index in [1.54, 1.807) is 6.07 Å². The number of alkyl halides is 2. The van der Waals surface area contributed by atoms with Crippen LogP contribution in [0.3, 0.4) is 0 Å². The molecule has 3 aromatic carbocycles. The van der Waals surface area contributed by atoms with Crippen LogP contribution in [-0.4, -0.2) is 18.4 Å². The molecule has 1 aliphatic heterocycles. The Labute approximate surface area is 174 Å². The van der Waals surface area contributed by atoms with Gasteiger partial charge in [-0.15, -0.1) is 0 Å². The van der Waals surface area contributed by atoms with Gasteiger partial charge in [0.1, 0.15) is 23.1 Å². The molecule has 0 saturated carbocycles. The lowest BCUT2D eigenvalue weighted by Gasteiger charge is -2.08. The van der Waals surface area contributed by atoms with Crippen molar-refractivity contribution >= 4 is 17.8 Å². The van der Waals surface area contributed by atoms with Gasteiger partial charge in [-0.2, -0.15) is 8.78 Å². The lowest BCUT2D eigenvalue weighted by molar-refractivity contribution is -0.0500. The number of ketones is 1. The molecular formula is C23H13F3O5. The second-order valence-electron chi connectivity index (χ2n) is 6.41. The summed E-state index contributed by atoms with van der Waals surface area (Å²) in [5.41, 5.74) is 0.467. The quantitative estimate of drug-likeness (QED) is 0.316. The molecule has 8 heteroatoms. The van der Waals surface area contributed by atoms with Gasteiger partial charge >= 0.3 is 12.6 Å². The normalized spacial score (nSPS) is 13.8. The molecule has 1 aliphatic rings. The fourth-order valence-electron chi connectivity index (χ4n) is 2.96. The van der Waals surface area contributed by atoms with Gasteiger partial charge < -0.3 is 14.2 Å². The molecule has 0 atom stereocenters. The van der Waals surface area contributed by atoms with Crippen LogP contribution in [0.4, 0.5) is 13.2 Å². The topological polar surface area (TPSA) is 61.8 Å². The van der Waals surface area contributed by atoms with E-state index in [-0.39, 0.29) is 39.7 Å². The number of benzene rings is 3. The number of Topliss-reactive ketones (excluding diaryl/α,β-unsaturated/α-hetero) is 1. The summed E-state index contributed by atoms with van der Waals surface area (Å²) in [6.07, 6.45) is 1.29. The van der Waals surface area contributed by atoms with Crippen LogP contribution in [0, 0.1) is 5.82 Å². The Morgan fingerprint density at radius 3 is 2.58 bits per heavy atom. The maximum atomic E-state index is 13.3. The zero-order valence-corrected chi connectivity index (χ0v) is 15.7. The second kappa shape index (κ2) is 8.35. The van der Waals surface area contributed by atoms with E-state index in [1.165, 1.54) is 60.7 Å². The average Bonchev–Trinajstić information content (AvgIpc) is 3.04. The molecule has 0 N–H and O–H groups in total. The maximum absolute atomic E-state index is 13.3. The summed E-state index contributed by atoms with van der Waals surface area (Å²) in [4.78, 5) is 24.8. The number of halogens is 3. The lowest BCUT2D eigenvalue weighted by atomic mass is 10.1. The summed E-state index contributed by atoms with van der Waals surface area (Å²) in [6, 6.07) is 15.1. The zero-order valence-electron chi connectivity index (χ0n) is 15.7. The number of hydrogen-bond acceptors (Lipinski definition) is 5. The third-order valence-electron chi connectivity index (χ3n) is 4.33. The summed E-state index contributed by atoms with van der Waals surface area (Å²) in [5.74, 6) is -1.82. The van der Waals surface area contributed by atoms with Crippen molar-refractivity contribution < 1.29 is 37.0 Å². The zero-order chi connectivity index (χ0) is 22.0. The number of rotatable bonds is 5. The molecule has 0 spiro atoms. The minimum absolute atomic E-state index is 0.0220. The standard InChI is InChI=1S/C23H13F3O5/c24-15-6-3-5-14(10-15)22(28)29-16-8-9-17-19(12-16)30-20(21(17)27)11-13-4-1-2-7-18(13)31-23(25)26/h1-12,23H/b20-11-. The molecule has 0 aromatic heterocycles. The van der Waals surface area contributed by atoms with Crippen molar-refractivity contribution in [1.82, 2.24) is 0 Å². The molecule has 1 heterocycles. The molecule has 0 unspecified atom stereocenters. The highest BCUT2D eigenvalue weighted by molar-refractivity contribution is 6.14. The van der Waals surface area contributed by atoms with Crippen molar-refractivity contribution in [3.05, 3.63) is 95.0 Å². The number of ether oxygens (including phenoxy) is 3. The molecule has 0 bridgehead atoms. The van der Waals surface area contributed by atoms with Crippen molar-refractivity contribution in [2.75, 3.05) is 0 Å². The lowest BCUT2D eigenvalue weighted by Crippen LogP contribution is -2.08. The Kier molecular flexibility index (Phi) is 5.44. The number of esters is 1. The molecular weight excluding hydrogens is 413 g/mol. The van der Waals surface area contributed by atoms with E-state index >= 15 is 0 Å². The maximum Gasteiger partial charge on any atom is 0.387 e. The van der Waals surface area contributed by atoms with Gasteiger partial charge in [-0.1, -0.05) is 24.3 Å². The van der Waals surface area contributed by atoms with Gasteiger partial charge in [0.15, 0.2) is 5.76 Å². The molecule has 0 radical (unpaired) electrons. The van der Waals surface area contributed by atoms with Gasteiger partial charge in [0.25, 0.3) is 0 Å². The molecule has 0 fully saturated rings. The van der Waals surface area contributed by atoms with E-state index in [1.807, 2.05) is 0 Å². The van der Waals surface area contributed by atoms with E-state index < -0.39 is 24.2 Å². The van der Waals surface area contributed by atoms with E-state index in [0.29, 0.717) is 0 Å². The molecule has 3 aromatic rings. The summed E-state index contributed by atoms with van der Waals surface area (Å²) >= 11 is 0. The van der Waals surface area contributed by atoms with Crippen LogP contribution < -0.4 is 14.2 Å². The van der Waals surface area contributed by atoms with Crippen LogP contribution in [0.2, 0.25) is 0 Å². The van der Waals surface area contributed by atoms with Gasteiger partial charge in [0, 0.05) is 11.6 Å². The van der Waals surface area contributed by atoms with E-state index in [4.69, 9.17) is 9.47 Å². The molecule has 0 saturated heterocycles. The van der Waals surface area contributed by atoms with Gasteiger partial charge in [-0.25, -0.2) is 9.18 Å². The summed E-state index contributed by atoms with van der Waals surface area (Å²) in [5, 5.41) is 0. The number of carbonyl (C=O) groups excluding carboxylic acids is 2. The third kappa shape index (κ3) is 4.42. The monoisotopic (exact) mass is 426 g/mol. The average molecular weight is 426 g/mol. The Bertz CT molecular complexity index is 1200. The Balaban J connectivity index is 1.56. The molecule has 156 valence electrons. The fourth-order valence-corrected chi connectivity index (χ4v) is 2.96. The van der Waals surface area contributed by atoms with Crippen LogP contribution in [0.25, 0.3) is 6.08 Å². The van der Waals surface area contributed by atoms with Crippen molar-refractivity contribution in [3.8, 4) is 17.2 Å². The van der Waals surface area contributed by atoms with Crippen LogP contribution in [0.1, 0.15) is 26.3 Å². The first-order valence-electron chi connectivity index (χ1n) is 9.00. The minimum atomic E-state index is -3.02. The Hall–Kier alpha value is -4.07. The number of hydrogen-bond donors (Lipinski definition) is 0. The highest BCUT2D eigenvalue weighted by atomic mass is 19.3. The Morgan fingerprint density at radius 2 is 1.81 bits per heavy atom. The van der Waals surface area contributed by atoms with Crippen LogP contribution in [-0.2, 0) is 0 Å². The minimum Gasteiger partial charge on any atom is -0.452 e. The smallest absolute Gasteiger partial charge is 0.387 e. The third-order valence-corrected chi connectivity index (χ3v) is 4.33. The van der Waals surface area contributed by atoms with Crippen molar-refractivity contribution in [2.45, 2.75) is 6.61 Å². The predicted octanol–water partition coefficient (Wildman–Crippen LogP) is 5.26. The Morgan fingerprint density at radius 1 is 1.00 bits per heavy atom. The first kappa shape index (κ1) is 20.2. The van der Waals surface area contributed by atoms with E-state index in [2.05, 4.69) is 4.74 Å². The number of fused-ring (bicyclic) bond motifs is 1. The van der Waals surface area contributed by atoms with Crippen molar-refractivity contribution in [3.63, 3.8) is 0 Å². The summed E-state index contributed by atoms with van der Waals surface area (Å²) in [7, 11) is 0. The largest absolute Gasteiger partial charge is 0.452 e. The second-order valence-corrected chi connectivity index (χ2v) is 6.41. The molecule has 0 amide bonds. The van der Waals surface area contributed by atoms with E-state index in [9.17, 15) is 22.8 Å². The van der Waals surface area contributed by atoms with Gasteiger partial charge in [0.05, 0.1) is 11.1 Å². The van der Waals surface area contributed by atoms with Gasteiger partial charge in [-0.05, 0) is 42.5 Å². The molecule has 31 heavy (non-hydrogen) atoms. The number of allylic oxidation sites excluding steroid dienone is 1. The van der Waals surface area contributed by atoms with E-state index in [0.717, 1.165) is 6.07 Å². The summed E-state index contributed by atoms with van der Waals surface area (Å²) < 4.78 is 53.7. The molecule has 5 nitrogen and oxygen atoms in total. The molecule has 0 aliphatic carbocycles. The van der Waals surface area contributed by atoms with Crippen molar-refractivity contribution in [2.24, 2.45) is 0 Å². The van der Waals surface area contributed by atoms with Gasteiger partial charge in [-0.3, -0.25) is 4.79 Å². The van der Waals surface area contributed by atoms with Crippen LogP contribution in [0.5, 0.6) is 17.2 Å². The number of para-hydroxylation sites is 1. The fraction of sp³-hybridized carbons (Fsp3) is 0.0435. The predicted molar refractivity (Wildman–Crippen MR) is 104 cm³/mol. The number of carbonyl (C=O) groups is 2. The SMILES string of the molecule is O=C(Oc1ccc2c(c1)O/C(=C\c1ccccc1OC(F)F)C2=O)c1cccc(F)c1. The van der Waals surface area contributed by atoms with Crippen LogP contribution >= 0.6 is 0 Å². The van der Waals surface area contributed by atoms with Crippen molar-refractivity contribution in [1.29, 1.82) is 0 Å². The molecule has 4 rings (SSSR count). The highest BCUT2D eigenvalue weighted by Gasteiger charge is 2.28. The first-order chi connectivity index (χ1) is 14.9. The first-order valence-corrected chi connectivity index (χ1v) is 9.00. The highest BCUT2D eigenvalue weighted by Crippen LogP contribution is 2.36. The van der Waals surface area contributed by atoms with Crippen LogP contribution in [0.15, 0.2) is 72.5 Å². The summed E-state index contributed by atoms with van der Waals surface area (Å²) in [6.45, 7) is -3.02. The van der Waals surface area contributed by atoms with Gasteiger partial charge in [0.2, 0.25) is 5.78 Å².